The largest absolute Gasteiger partial charge is 0.494 e. The second-order valence-electron chi connectivity index (χ2n) is 4.68. The standard InChI is InChI=1S/C16H17ClN2O2/c1-4-21-13-5-6-14(10(2)7-13)19-16(20)12-8-11(3)18-15(17)9-12/h5-9H,4H2,1-3H3,(H,19,20). The molecule has 4 nitrogen and oxygen atoms in total. The number of anilines is 1. The molecule has 2 rings (SSSR count). The lowest BCUT2D eigenvalue weighted by molar-refractivity contribution is 0.102. The topological polar surface area (TPSA) is 51.2 Å². The zero-order valence-electron chi connectivity index (χ0n) is 12.2. The predicted molar refractivity (Wildman–Crippen MR) is 84.3 cm³/mol. The van der Waals surface area contributed by atoms with Crippen LogP contribution in [0, 0.1) is 13.8 Å². The number of carbonyl (C=O) groups is 1. The number of nitrogens with one attached hydrogen (secondary N) is 1. The van der Waals surface area contributed by atoms with E-state index in [1.165, 1.54) is 0 Å². The Morgan fingerprint density at radius 2 is 2.05 bits per heavy atom. The SMILES string of the molecule is CCOc1ccc(NC(=O)c2cc(C)nc(Cl)c2)c(C)c1. The second-order valence-corrected chi connectivity index (χ2v) is 5.07. The number of carbonyl (C=O) groups excluding carboxylic acids is 1. The van der Waals surface area contributed by atoms with Crippen molar-refractivity contribution in [3.8, 4) is 5.75 Å². The van der Waals surface area contributed by atoms with Crippen LogP contribution in [0.25, 0.3) is 0 Å². The van der Waals surface area contributed by atoms with Crippen LogP contribution >= 0.6 is 11.6 Å². The fraction of sp³-hybridized carbons (Fsp3) is 0.250. The Hall–Kier alpha value is -2.07. The number of ether oxygens (including phenoxy) is 1. The summed E-state index contributed by atoms with van der Waals surface area (Å²) >= 11 is 5.88. The summed E-state index contributed by atoms with van der Waals surface area (Å²) in [6.45, 7) is 6.26. The molecule has 1 N–H and O–H groups in total. The van der Waals surface area contributed by atoms with Crippen molar-refractivity contribution in [1.82, 2.24) is 4.98 Å². The van der Waals surface area contributed by atoms with E-state index in [4.69, 9.17) is 16.3 Å². The van der Waals surface area contributed by atoms with Gasteiger partial charge in [-0.1, -0.05) is 11.6 Å². The van der Waals surface area contributed by atoms with Crippen LogP contribution in [0.15, 0.2) is 30.3 Å². The summed E-state index contributed by atoms with van der Waals surface area (Å²) in [5.41, 5.74) is 2.87. The van der Waals surface area contributed by atoms with Crippen molar-refractivity contribution in [3.63, 3.8) is 0 Å². The number of halogens is 1. The number of amides is 1. The average molecular weight is 305 g/mol. The zero-order chi connectivity index (χ0) is 15.4. The molecule has 0 atom stereocenters. The smallest absolute Gasteiger partial charge is 0.255 e. The number of hydrogen-bond donors (Lipinski definition) is 1. The first-order valence-electron chi connectivity index (χ1n) is 6.68. The van der Waals surface area contributed by atoms with Gasteiger partial charge in [0.15, 0.2) is 0 Å². The fourth-order valence-electron chi connectivity index (χ4n) is 1.99. The van der Waals surface area contributed by atoms with E-state index < -0.39 is 0 Å². The van der Waals surface area contributed by atoms with Gasteiger partial charge in [-0.3, -0.25) is 4.79 Å². The summed E-state index contributed by atoms with van der Waals surface area (Å²) in [6, 6.07) is 8.80. The van der Waals surface area contributed by atoms with E-state index in [1.807, 2.05) is 32.0 Å². The molecule has 5 heteroatoms. The maximum absolute atomic E-state index is 12.3. The Labute approximate surface area is 129 Å². The van der Waals surface area contributed by atoms with Crippen LogP contribution in [-0.4, -0.2) is 17.5 Å². The molecule has 1 heterocycles. The molecule has 0 spiro atoms. The van der Waals surface area contributed by atoms with Gasteiger partial charge < -0.3 is 10.1 Å². The Balaban J connectivity index is 2.19. The van der Waals surface area contributed by atoms with Crippen LogP contribution < -0.4 is 10.1 Å². The molecule has 0 saturated carbocycles. The van der Waals surface area contributed by atoms with Gasteiger partial charge in [0.1, 0.15) is 10.9 Å². The van der Waals surface area contributed by atoms with E-state index in [1.54, 1.807) is 19.1 Å². The first-order valence-corrected chi connectivity index (χ1v) is 7.06. The number of nitrogens with zero attached hydrogens (tertiary/aromatic N) is 1. The van der Waals surface area contributed by atoms with Crippen molar-refractivity contribution in [2.24, 2.45) is 0 Å². The summed E-state index contributed by atoms with van der Waals surface area (Å²) in [4.78, 5) is 16.3. The van der Waals surface area contributed by atoms with E-state index >= 15 is 0 Å². The third kappa shape index (κ3) is 3.95. The van der Waals surface area contributed by atoms with E-state index in [-0.39, 0.29) is 5.91 Å². The molecule has 0 aliphatic rings. The van der Waals surface area contributed by atoms with Crippen molar-refractivity contribution < 1.29 is 9.53 Å². The summed E-state index contributed by atoms with van der Waals surface area (Å²) < 4.78 is 5.42. The lowest BCUT2D eigenvalue weighted by Crippen LogP contribution is -2.13. The monoisotopic (exact) mass is 304 g/mol. The minimum Gasteiger partial charge on any atom is -0.494 e. The molecule has 1 aromatic heterocycles. The molecule has 1 aromatic carbocycles. The summed E-state index contributed by atoms with van der Waals surface area (Å²) in [5, 5.41) is 3.18. The highest BCUT2D eigenvalue weighted by Gasteiger charge is 2.10. The highest BCUT2D eigenvalue weighted by Crippen LogP contribution is 2.22. The Morgan fingerprint density at radius 1 is 1.29 bits per heavy atom. The predicted octanol–water partition coefficient (Wildman–Crippen LogP) is 4.00. The summed E-state index contributed by atoms with van der Waals surface area (Å²) in [7, 11) is 0. The van der Waals surface area contributed by atoms with Gasteiger partial charge in [0, 0.05) is 16.9 Å². The summed E-state index contributed by atoms with van der Waals surface area (Å²) in [5.74, 6) is 0.574. The van der Waals surface area contributed by atoms with Crippen LogP contribution in [0.5, 0.6) is 5.75 Å². The number of benzene rings is 1. The normalized spacial score (nSPS) is 10.3. The van der Waals surface area contributed by atoms with Crippen LogP contribution in [-0.2, 0) is 0 Å². The molecule has 0 unspecified atom stereocenters. The molecule has 2 aromatic rings. The quantitative estimate of drug-likeness (QED) is 0.869. The number of pyridine rings is 1. The van der Waals surface area contributed by atoms with Crippen molar-refractivity contribution >= 4 is 23.2 Å². The van der Waals surface area contributed by atoms with Crippen LogP contribution in [0.2, 0.25) is 5.15 Å². The number of aryl methyl sites for hydroxylation is 2. The average Bonchev–Trinajstić information content (AvgIpc) is 2.41. The third-order valence-electron chi connectivity index (χ3n) is 2.94. The van der Waals surface area contributed by atoms with Gasteiger partial charge in [-0.2, -0.15) is 0 Å². The van der Waals surface area contributed by atoms with Gasteiger partial charge in [-0.15, -0.1) is 0 Å². The summed E-state index contributed by atoms with van der Waals surface area (Å²) in [6.07, 6.45) is 0. The van der Waals surface area contributed by atoms with Gasteiger partial charge in [0.2, 0.25) is 0 Å². The molecule has 21 heavy (non-hydrogen) atoms. The van der Waals surface area contributed by atoms with Gasteiger partial charge >= 0.3 is 0 Å². The zero-order valence-corrected chi connectivity index (χ0v) is 13.0. The van der Waals surface area contributed by atoms with Crippen LogP contribution in [0.1, 0.15) is 28.5 Å². The number of rotatable bonds is 4. The highest BCUT2D eigenvalue weighted by molar-refractivity contribution is 6.29. The molecule has 110 valence electrons. The van der Waals surface area contributed by atoms with E-state index in [0.29, 0.717) is 23.0 Å². The van der Waals surface area contributed by atoms with Crippen molar-refractivity contribution in [2.45, 2.75) is 20.8 Å². The molecule has 0 fully saturated rings. The van der Waals surface area contributed by atoms with E-state index in [0.717, 1.165) is 17.0 Å². The van der Waals surface area contributed by atoms with Gasteiger partial charge in [0.05, 0.1) is 6.61 Å². The highest BCUT2D eigenvalue weighted by atomic mass is 35.5. The second kappa shape index (κ2) is 6.59. The minimum absolute atomic E-state index is 0.213. The van der Waals surface area contributed by atoms with Crippen LogP contribution in [0.3, 0.4) is 0 Å². The Morgan fingerprint density at radius 3 is 2.67 bits per heavy atom. The maximum atomic E-state index is 12.3. The van der Waals surface area contributed by atoms with Crippen molar-refractivity contribution in [3.05, 3.63) is 52.3 Å². The minimum atomic E-state index is -0.213. The Bertz CT molecular complexity index is 651. The maximum Gasteiger partial charge on any atom is 0.255 e. The third-order valence-corrected chi connectivity index (χ3v) is 3.14. The molecule has 0 aliphatic carbocycles. The molecular weight excluding hydrogens is 288 g/mol. The lowest BCUT2D eigenvalue weighted by atomic mass is 10.1. The van der Waals surface area contributed by atoms with E-state index in [9.17, 15) is 4.79 Å². The molecule has 1 amide bonds. The first-order chi connectivity index (χ1) is 9.99. The van der Waals surface area contributed by atoms with Crippen LogP contribution in [0.4, 0.5) is 5.69 Å². The molecule has 0 aliphatic heterocycles. The lowest BCUT2D eigenvalue weighted by Gasteiger charge is -2.11. The fourth-order valence-corrected chi connectivity index (χ4v) is 2.24. The molecular formula is C16H17ClN2O2. The van der Waals surface area contributed by atoms with Gasteiger partial charge in [-0.05, 0) is 56.7 Å². The molecule has 0 bridgehead atoms. The van der Waals surface area contributed by atoms with E-state index in [2.05, 4.69) is 10.3 Å². The van der Waals surface area contributed by atoms with Crippen molar-refractivity contribution in [2.75, 3.05) is 11.9 Å². The number of hydrogen-bond acceptors (Lipinski definition) is 3. The Kier molecular flexibility index (Phi) is 4.81. The van der Waals surface area contributed by atoms with Crippen molar-refractivity contribution in [1.29, 1.82) is 0 Å². The number of aromatic nitrogens is 1. The first kappa shape index (κ1) is 15.3. The van der Waals surface area contributed by atoms with Gasteiger partial charge in [-0.25, -0.2) is 4.98 Å². The molecule has 0 saturated heterocycles. The molecule has 0 radical (unpaired) electrons. The van der Waals surface area contributed by atoms with Gasteiger partial charge in [0.25, 0.3) is 5.91 Å².